The molecule has 0 aromatic heterocycles. The van der Waals surface area contributed by atoms with Crippen LogP contribution in [0.25, 0.3) is 0 Å². The van der Waals surface area contributed by atoms with Gasteiger partial charge in [-0.05, 0) is 0 Å². The molecule has 0 spiro atoms. The number of nitrogens with two attached hydrogens (primary N) is 1. The SMILES string of the molecule is N=C(N)[NH][Zn]. The third-order valence-electron chi connectivity index (χ3n) is 0.190. The third-order valence-corrected chi connectivity index (χ3v) is 0.990. The van der Waals surface area contributed by atoms with Crippen LogP contribution in [-0.2, 0) is 18.5 Å². The van der Waals surface area contributed by atoms with Gasteiger partial charge in [-0.15, -0.1) is 0 Å². The maximum atomic E-state index is 6.44. The minimum absolute atomic E-state index is 0.0602. The van der Waals surface area contributed by atoms with Crippen molar-refractivity contribution in [2.24, 2.45) is 5.73 Å². The van der Waals surface area contributed by atoms with Gasteiger partial charge in [0.25, 0.3) is 0 Å². The predicted octanol–water partition coefficient (Wildman–Crippen LogP) is -1.07. The second kappa shape index (κ2) is 2.15. The summed E-state index contributed by atoms with van der Waals surface area (Å²) in [6, 6.07) is 0. The Bertz CT molecular complexity index is 42.2. The Morgan fingerprint density at radius 3 is 2.20 bits per heavy atom. The molecule has 4 N–H and O–H groups in total. The standard InChI is InChI=1S/CH4N3.Zn/c2-1(3)4;/h(H4-,2,3,4);/q-1;+1. The van der Waals surface area contributed by atoms with Crippen LogP contribution in [0.3, 0.4) is 0 Å². The van der Waals surface area contributed by atoms with Crippen molar-refractivity contribution in [1.29, 1.82) is 5.41 Å². The van der Waals surface area contributed by atoms with Gasteiger partial charge in [-0.2, -0.15) is 0 Å². The Morgan fingerprint density at radius 2 is 2.20 bits per heavy atom. The van der Waals surface area contributed by atoms with E-state index < -0.39 is 0 Å². The van der Waals surface area contributed by atoms with E-state index in [-0.39, 0.29) is 5.96 Å². The molecule has 0 aliphatic carbocycles. The van der Waals surface area contributed by atoms with Crippen LogP contribution in [0.4, 0.5) is 0 Å². The molecule has 0 radical (unpaired) electrons. The van der Waals surface area contributed by atoms with Gasteiger partial charge in [-0.25, -0.2) is 0 Å². The first kappa shape index (κ1) is 4.89. The van der Waals surface area contributed by atoms with E-state index in [9.17, 15) is 0 Å². The van der Waals surface area contributed by atoms with E-state index in [2.05, 4.69) is 4.06 Å². The van der Waals surface area contributed by atoms with Crippen LogP contribution in [-0.4, -0.2) is 5.96 Å². The van der Waals surface area contributed by atoms with E-state index in [0.29, 0.717) is 0 Å². The van der Waals surface area contributed by atoms with Gasteiger partial charge in [0.15, 0.2) is 0 Å². The van der Waals surface area contributed by atoms with E-state index in [1.807, 2.05) is 0 Å². The van der Waals surface area contributed by atoms with E-state index in [1.54, 1.807) is 0 Å². The molecule has 0 saturated carbocycles. The van der Waals surface area contributed by atoms with Gasteiger partial charge in [0.05, 0.1) is 0 Å². The molecule has 4 heteroatoms. The van der Waals surface area contributed by atoms with Gasteiger partial charge in [0.2, 0.25) is 0 Å². The van der Waals surface area contributed by atoms with E-state index in [4.69, 9.17) is 11.1 Å². The monoisotopic (exact) mass is 122 g/mol. The zero-order valence-electron chi connectivity index (χ0n) is 2.78. The van der Waals surface area contributed by atoms with E-state index >= 15 is 0 Å². The normalized spacial score (nSPS) is 6.80. The van der Waals surface area contributed by atoms with Gasteiger partial charge in [0, 0.05) is 0 Å². The molecule has 0 aliphatic heterocycles. The zero-order valence-corrected chi connectivity index (χ0v) is 5.75. The molecule has 0 heterocycles. The molecule has 0 amide bonds. The molecule has 0 unspecified atom stereocenters. The van der Waals surface area contributed by atoms with Crippen LogP contribution in [0.15, 0.2) is 0 Å². The third kappa shape index (κ3) is 3.89. The topological polar surface area (TPSA) is 61.9 Å². The maximum absolute atomic E-state index is 6.44. The molecular weight excluding hydrogens is 119 g/mol. The average molecular weight is 123 g/mol. The van der Waals surface area contributed by atoms with Gasteiger partial charge >= 0.3 is 39.7 Å². The number of guanidine groups is 1. The Hall–Kier alpha value is -0.107. The van der Waals surface area contributed by atoms with Crippen molar-refractivity contribution in [3.63, 3.8) is 0 Å². The van der Waals surface area contributed by atoms with E-state index in [0.717, 1.165) is 18.5 Å². The molecule has 25 valence electrons. The molecule has 0 aromatic rings. The summed E-state index contributed by atoms with van der Waals surface area (Å²) < 4.78 is 2.51. The first-order chi connectivity index (χ1) is 2.27. The number of hydrogen-bond donors (Lipinski definition) is 3. The van der Waals surface area contributed by atoms with Crippen molar-refractivity contribution < 1.29 is 18.5 Å². The van der Waals surface area contributed by atoms with Crippen LogP contribution in [0, 0.1) is 5.41 Å². The fraction of sp³-hybridized carbons (Fsp3) is 0. The fourth-order valence-corrected chi connectivity index (χ4v) is 0. The summed E-state index contributed by atoms with van der Waals surface area (Å²) in [6.07, 6.45) is 0. The Labute approximate surface area is 40.4 Å². The molecule has 0 bridgehead atoms. The van der Waals surface area contributed by atoms with Crippen molar-refractivity contribution in [2.45, 2.75) is 0 Å². The molecular formula is CH4N3Zn. The first-order valence-electron chi connectivity index (χ1n) is 1.14. The van der Waals surface area contributed by atoms with Gasteiger partial charge in [0.1, 0.15) is 0 Å². The predicted molar refractivity (Wildman–Crippen MR) is 15.0 cm³/mol. The first-order valence-corrected chi connectivity index (χ1v) is 2.63. The molecule has 3 nitrogen and oxygen atoms in total. The van der Waals surface area contributed by atoms with E-state index in [1.165, 1.54) is 0 Å². The molecule has 0 saturated heterocycles. The summed E-state index contributed by atoms with van der Waals surface area (Å²) in [5.41, 5.74) is 4.80. The number of rotatable bonds is 0. The van der Waals surface area contributed by atoms with Crippen molar-refractivity contribution in [3.05, 3.63) is 0 Å². The quantitative estimate of drug-likeness (QED) is 0.218. The van der Waals surface area contributed by atoms with Gasteiger partial charge in [-0.1, -0.05) is 0 Å². The summed E-state index contributed by atoms with van der Waals surface area (Å²) in [5, 5.41) is 6.44. The number of nitrogens with one attached hydrogen (secondary N) is 2. The Kier molecular flexibility index (Phi) is 2.10. The zero-order chi connectivity index (χ0) is 4.28. The van der Waals surface area contributed by atoms with Crippen LogP contribution in [0.2, 0.25) is 0 Å². The summed E-state index contributed by atoms with van der Waals surface area (Å²) in [4.78, 5) is 0. The molecule has 0 rings (SSSR count). The van der Waals surface area contributed by atoms with Crippen molar-refractivity contribution >= 4 is 5.96 Å². The molecule has 0 aromatic carbocycles. The summed E-state index contributed by atoms with van der Waals surface area (Å²) in [6.45, 7) is 0. The van der Waals surface area contributed by atoms with Crippen LogP contribution in [0.5, 0.6) is 0 Å². The molecule has 0 atom stereocenters. The molecule has 5 heavy (non-hydrogen) atoms. The van der Waals surface area contributed by atoms with Crippen LogP contribution < -0.4 is 9.79 Å². The van der Waals surface area contributed by atoms with Crippen molar-refractivity contribution in [1.82, 2.24) is 4.06 Å². The van der Waals surface area contributed by atoms with Crippen LogP contribution in [0.1, 0.15) is 0 Å². The molecule has 0 fully saturated rings. The summed E-state index contributed by atoms with van der Waals surface area (Å²) >= 11 is 0.856. The van der Waals surface area contributed by atoms with Gasteiger partial charge < -0.3 is 0 Å². The average Bonchev–Trinajstić information content (AvgIpc) is 1.38. The number of hydrogen-bond acceptors (Lipinski definition) is 1. The van der Waals surface area contributed by atoms with Crippen molar-refractivity contribution in [2.75, 3.05) is 0 Å². The summed E-state index contributed by atoms with van der Waals surface area (Å²) in [7, 11) is 0. The second-order valence-corrected chi connectivity index (χ2v) is 1.33. The fourth-order valence-electron chi connectivity index (χ4n) is 0. The Balaban J connectivity index is 2.85. The van der Waals surface area contributed by atoms with Crippen molar-refractivity contribution in [3.8, 4) is 0 Å². The molecule has 0 aliphatic rings. The van der Waals surface area contributed by atoms with Gasteiger partial charge in [-0.3, -0.25) is 0 Å². The minimum atomic E-state index is 0.0602. The second-order valence-electron chi connectivity index (χ2n) is 0.590. The Morgan fingerprint density at radius 1 is 2.00 bits per heavy atom. The summed E-state index contributed by atoms with van der Waals surface area (Å²) in [5.74, 6) is 0.0602. The van der Waals surface area contributed by atoms with Crippen LogP contribution >= 0.6 is 0 Å².